The maximum absolute atomic E-state index is 10.2. The van der Waals surface area contributed by atoms with E-state index in [4.69, 9.17) is 0 Å². The highest BCUT2D eigenvalue weighted by Crippen LogP contribution is 2.18. The molecule has 0 aliphatic rings. The molecule has 0 fully saturated rings. The fourth-order valence-corrected chi connectivity index (χ4v) is 1.50. The Balaban J connectivity index is 2.57. The Bertz CT molecular complexity index is 543. The van der Waals surface area contributed by atoms with Gasteiger partial charge in [-0.3, -0.25) is 14.8 Å². The van der Waals surface area contributed by atoms with Gasteiger partial charge in [0, 0.05) is 18.5 Å². The number of aryl methyl sites for hydroxylation is 1. The summed E-state index contributed by atoms with van der Waals surface area (Å²) in [4.78, 5) is 9.70. The maximum atomic E-state index is 10.2. The summed E-state index contributed by atoms with van der Waals surface area (Å²) in [6.07, 6.45) is 2.30. The van der Waals surface area contributed by atoms with Crippen LogP contribution in [0, 0.1) is 10.1 Å². The molecule has 0 bridgehead atoms. The van der Waals surface area contributed by atoms with Gasteiger partial charge in [0.25, 0.3) is 0 Å². The van der Waals surface area contributed by atoms with Crippen molar-refractivity contribution in [1.82, 2.24) is 9.78 Å². The van der Waals surface area contributed by atoms with Crippen LogP contribution in [-0.2, 0) is 7.05 Å². The van der Waals surface area contributed by atoms with Crippen LogP contribution in [-0.4, -0.2) is 14.7 Å². The van der Waals surface area contributed by atoms with Crippen molar-refractivity contribution in [3.63, 3.8) is 0 Å². The summed E-state index contributed by atoms with van der Waals surface area (Å²) < 4.78 is 1.70. The molecule has 1 aromatic carbocycles. The molecule has 0 radical (unpaired) electrons. The third-order valence-corrected chi connectivity index (χ3v) is 2.14. The SMILES string of the molecule is Cn1nc(/C=C/[N+](=O)[O-])c2ccccc21. The van der Waals surface area contributed by atoms with Gasteiger partial charge in [-0.25, -0.2) is 0 Å². The summed E-state index contributed by atoms with van der Waals surface area (Å²) in [6, 6.07) is 7.60. The second-order valence-electron chi connectivity index (χ2n) is 3.13. The van der Waals surface area contributed by atoms with E-state index >= 15 is 0 Å². The quantitative estimate of drug-likeness (QED) is 0.552. The first kappa shape index (κ1) is 9.39. The summed E-state index contributed by atoms with van der Waals surface area (Å²) in [7, 11) is 1.81. The molecular formula is C10H9N3O2. The van der Waals surface area contributed by atoms with E-state index in [1.54, 1.807) is 4.68 Å². The molecule has 1 heterocycles. The van der Waals surface area contributed by atoms with Crippen LogP contribution in [0.5, 0.6) is 0 Å². The molecule has 1 aromatic heterocycles. The highest BCUT2D eigenvalue weighted by Gasteiger charge is 2.05. The number of benzene rings is 1. The zero-order valence-electron chi connectivity index (χ0n) is 8.12. The molecule has 0 amide bonds. The number of fused-ring (bicyclic) bond motifs is 1. The molecular weight excluding hydrogens is 194 g/mol. The molecule has 0 saturated carbocycles. The van der Waals surface area contributed by atoms with Crippen molar-refractivity contribution in [2.75, 3.05) is 0 Å². The van der Waals surface area contributed by atoms with Crippen LogP contribution in [0.15, 0.2) is 30.5 Å². The average Bonchev–Trinajstić information content (AvgIpc) is 2.54. The van der Waals surface area contributed by atoms with Crippen molar-refractivity contribution in [3.05, 3.63) is 46.3 Å². The molecule has 2 aromatic rings. The number of hydrogen-bond donors (Lipinski definition) is 0. The molecule has 2 rings (SSSR count). The van der Waals surface area contributed by atoms with Crippen molar-refractivity contribution in [1.29, 1.82) is 0 Å². The molecule has 15 heavy (non-hydrogen) atoms. The molecule has 0 aliphatic carbocycles. The first-order chi connectivity index (χ1) is 7.18. The van der Waals surface area contributed by atoms with E-state index in [0.29, 0.717) is 5.69 Å². The van der Waals surface area contributed by atoms with Gasteiger partial charge in [0.15, 0.2) is 0 Å². The Morgan fingerprint density at radius 2 is 2.20 bits per heavy atom. The molecule has 0 saturated heterocycles. The van der Waals surface area contributed by atoms with Crippen LogP contribution in [0.4, 0.5) is 0 Å². The van der Waals surface area contributed by atoms with E-state index < -0.39 is 4.92 Å². The minimum absolute atomic E-state index is 0.497. The zero-order valence-corrected chi connectivity index (χ0v) is 8.12. The molecule has 0 spiro atoms. The van der Waals surface area contributed by atoms with Crippen molar-refractivity contribution >= 4 is 17.0 Å². The Hall–Kier alpha value is -2.17. The van der Waals surface area contributed by atoms with Crippen molar-refractivity contribution in [2.24, 2.45) is 7.05 Å². The summed E-state index contributed by atoms with van der Waals surface area (Å²) in [6.45, 7) is 0. The predicted molar refractivity (Wildman–Crippen MR) is 56.7 cm³/mol. The van der Waals surface area contributed by atoms with Crippen LogP contribution in [0.25, 0.3) is 17.0 Å². The Kier molecular flexibility index (Phi) is 2.21. The smallest absolute Gasteiger partial charge is 0.236 e. The lowest BCUT2D eigenvalue weighted by atomic mass is 10.2. The van der Waals surface area contributed by atoms with E-state index in [2.05, 4.69) is 5.10 Å². The summed E-state index contributed by atoms with van der Waals surface area (Å²) >= 11 is 0. The van der Waals surface area contributed by atoms with Gasteiger partial charge in [-0.05, 0) is 6.07 Å². The van der Waals surface area contributed by atoms with Gasteiger partial charge in [-0.1, -0.05) is 18.2 Å². The van der Waals surface area contributed by atoms with Crippen molar-refractivity contribution in [2.45, 2.75) is 0 Å². The van der Waals surface area contributed by atoms with Gasteiger partial charge in [0.2, 0.25) is 6.20 Å². The summed E-state index contributed by atoms with van der Waals surface area (Å²) in [5.41, 5.74) is 1.57. The largest absolute Gasteiger partial charge is 0.267 e. The number of nitrogens with zero attached hydrogens (tertiary/aromatic N) is 3. The van der Waals surface area contributed by atoms with Gasteiger partial charge in [0.05, 0.1) is 16.1 Å². The molecule has 76 valence electrons. The lowest BCUT2D eigenvalue weighted by Gasteiger charge is -1.90. The van der Waals surface area contributed by atoms with Crippen molar-refractivity contribution < 1.29 is 4.92 Å². The Morgan fingerprint density at radius 3 is 2.93 bits per heavy atom. The second kappa shape index (κ2) is 3.53. The zero-order chi connectivity index (χ0) is 10.8. The summed E-state index contributed by atoms with van der Waals surface area (Å²) in [5.74, 6) is 0. The highest BCUT2D eigenvalue weighted by atomic mass is 16.6. The van der Waals surface area contributed by atoms with E-state index in [9.17, 15) is 10.1 Å². The fourth-order valence-electron chi connectivity index (χ4n) is 1.50. The molecule has 5 heteroatoms. The topological polar surface area (TPSA) is 61.0 Å². The molecule has 0 aliphatic heterocycles. The maximum Gasteiger partial charge on any atom is 0.236 e. The normalized spacial score (nSPS) is 11.3. The summed E-state index contributed by atoms with van der Waals surface area (Å²) in [5, 5.41) is 15.3. The Labute approximate surface area is 85.8 Å². The number of para-hydroxylation sites is 1. The Morgan fingerprint density at radius 1 is 1.47 bits per heavy atom. The standard InChI is InChI=1S/C10H9N3O2/c1-12-10-5-3-2-4-8(10)9(11-12)6-7-13(14)15/h2-7H,1H3/b7-6+. The third-order valence-electron chi connectivity index (χ3n) is 2.14. The number of hydrogen-bond acceptors (Lipinski definition) is 3. The lowest BCUT2D eigenvalue weighted by molar-refractivity contribution is -0.400. The fraction of sp³-hybridized carbons (Fsp3) is 0.100. The van der Waals surface area contributed by atoms with Gasteiger partial charge < -0.3 is 0 Å². The number of rotatable bonds is 2. The van der Waals surface area contributed by atoms with Crippen LogP contribution in [0.3, 0.4) is 0 Å². The molecule has 5 nitrogen and oxygen atoms in total. The number of nitro groups is 1. The molecule has 0 unspecified atom stereocenters. The van der Waals surface area contributed by atoms with Crippen LogP contribution in [0.2, 0.25) is 0 Å². The minimum Gasteiger partial charge on any atom is -0.267 e. The van der Waals surface area contributed by atoms with E-state index in [1.165, 1.54) is 6.08 Å². The number of aromatic nitrogens is 2. The van der Waals surface area contributed by atoms with Crippen LogP contribution in [0.1, 0.15) is 5.69 Å². The van der Waals surface area contributed by atoms with E-state index in [0.717, 1.165) is 17.1 Å². The van der Waals surface area contributed by atoms with Crippen LogP contribution >= 0.6 is 0 Å². The highest BCUT2D eigenvalue weighted by molar-refractivity contribution is 5.86. The monoisotopic (exact) mass is 203 g/mol. The molecule has 0 N–H and O–H groups in total. The van der Waals surface area contributed by atoms with Gasteiger partial charge in [-0.15, -0.1) is 0 Å². The minimum atomic E-state index is -0.497. The first-order valence-corrected chi connectivity index (χ1v) is 4.42. The van der Waals surface area contributed by atoms with Gasteiger partial charge >= 0.3 is 0 Å². The van der Waals surface area contributed by atoms with Crippen molar-refractivity contribution in [3.8, 4) is 0 Å². The van der Waals surface area contributed by atoms with Gasteiger partial charge in [0.1, 0.15) is 0 Å². The lowest BCUT2D eigenvalue weighted by Crippen LogP contribution is -1.89. The van der Waals surface area contributed by atoms with Gasteiger partial charge in [-0.2, -0.15) is 5.10 Å². The average molecular weight is 203 g/mol. The van der Waals surface area contributed by atoms with Crippen LogP contribution < -0.4 is 0 Å². The van der Waals surface area contributed by atoms with E-state index in [1.807, 2.05) is 31.3 Å². The first-order valence-electron chi connectivity index (χ1n) is 4.42. The third kappa shape index (κ3) is 1.71. The predicted octanol–water partition coefficient (Wildman–Crippen LogP) is 1.82. The molecule has 0 atom stereocenters. The van der Waals surface area contributed by atoms with E-state index in [-0.39, 0.29) is 0 Å². The second-order valence-corrected chi connectivity index (χ2v) is 3.13.